The van der Waals surface area contributed by atoms with Crippen molar-refractivity contribution >= 4 is 5.91 Å². The number of hydrogen-bond acceptors (Lipinski definition) is 3. The predicted molar refractivity (Wildman–Crippen MR) is 109 cm³/mol. The lowest BCUT2D eigenvalue weighted by atomic mass is 9.98. The highest BCUT2D eigenvalue weighted by Crippen LogP contribution is 2.24. The van der Waals surface area contributed by atoms with Crippen LogP contribution in [0, 0.1) is 0 Å². The molecule has 0 spiro atoms. The van der Waals surface area contributed by atoms with Crippen LogP contribution in [0.4, 0.5) is 0 Å². The van der Waals surface area contributed by atoms with Gasteiger partial charge in [-0.05, 0) is 41.0 Å². The van der Waals surface area contributed by atoms with Gasteiger partial charge in [0.05, 0.1) is 18.8 Å². The molecule has 5 nitrogen and oxygen atoms in total. The van der Waals surface area contributed by atoms with Gasteiger partial charge in [0, 0.05) is 24.2 Å². The Bertz CT molecular complexity index is 1040. The molecule has 138 valence electrons. The van der Waals surface area contributed by atoms with E-state index in [0.717, 1.165) is 28.9 Å². The molecular formula is C23H20N4O. The second-order valence-electron chi connectivity index (χ2n) is 6.45. The molecule has 0 aliphatic carbocycles. The zero-order valence-corrected chi connectivity index (χ0v) is 15.3. The molecule has 0 saturated heterocycles. The van der Waals surface area contributed by atoms with Crippen LogP contribution in [0.1, 0.15) is 21.6 Å². The first kappa shape index (κ1) is 17.7. The van der Waals surface area contributed by atoms with E-state index < -0.39 is 0 Å². The van der Waals surface area contributed by atoms with E-state index in [-0.39, 0.29) is 5.91 Å². The number of amides is 1. The smallest absolute Gasteiger partial charge is 0.252 e. The maximum Gasteiger partial charge on any atom is 0.252 e. The van der Waals surface area contributed by atoms with Crippen molar-refractivity contribution in [3.63, 3.8) is 0 Å². The van der Waals surface area contributed by atoms with Gasteiger partial charge in [-0.3, -0.25) is 14.5 Å². The average Bonchev–Trinajstić information content (AvgIpc) is 3.26. The Balaban J connectivity index is 1.51. The minimum absolute atomic E-state index is 0.109. The second kappa shape index (κ2) is 8.31. The summed E-state index contributed by atoms with van der Waals surface area (Å²) in [6, 6.07) is 23.4. The van der Waals surface area contributed by atoms with E-state index in [2.05, 4.69) is 27.5 Å². The van der Waals surface area contributed by atoms with Crippen LogP contribution in [-0.4, -0.2) is 20.7 Å². The molecule has 0 fully saturated rings. The quantitative estimate of drug-likeness (QED) is 0.561. The zero-order chi connectivity index (χ0) is 19.2. The van der Waals surface area contributed by atoms with Crippen LogP contribution in [0.5, 0.6) is 0 Å². The van der Waals surface area contributed by atoms with Crippen molar-refractivity contribution in [1.82, 2.24) is 20.1 Å². The summed E-state index contributed by atoms with van der Waals surface area (Å²) in [5, 5.41) is 7.19. The highest BCUT2D eigenvalue weighted by Gasteiger charge is 2.12. The molecular weight excluding hydrogens is 348 g/mol. The largest absolute Gasteiger partial charge is 0.346 e. The number of nitrogens with zero attached hydrogens (tertiary/aromatic N) is 3. The summed E-state index contributed by atoms with van der Waals surface area (Å²) in [6.07, 6.45) is 5.43. The molecule has 1 amide bonds. The Morgan fingerprint density at radius 3 is 2.46 bits per heavy atom. The van der Waals surface area contributed by atoms with E-state index in [4.69, 9.17) is 0 Å². The molecule has 2 aromatic heterocycles. The van der Waals surface area contributed by atoms with Gasteiger partial charge in [0.1, 0.15) is 0 Å². The lowest BCUT2D eigenvalue weighted by molar-refractivity contribution is 0.0951. The summed E-state index contributed by atoms with van der Waals surface area (Å²) < 4.78 is 1.88. The first-order valence-electron chi connectivity index (χ1n) is 9.13. The van der Waals surface area contributed by atoms with Gasteiger partial charge in [-0.15, -0.1) is 0 Å². The first-order chi connectivity index (χ1) is 13.8. The third-order valence-corrected chi connectivity index (χ3v) is 4.50. The molecule has 0 unspecified atom stereocenters. The summed E-state index contributed by atoms with van der Waals surface area (Å²) >= 11 is 0. The summed E-state index contributed by atoms with van der Waals surface area (Å²) in [4.78, 5) is 17.0. The molecule has 0 aliphatic heterocycles. The lowest BCUT2D eigenvalue weighted by Gasteiger charge is -2.11. The molecule has 2 heterocycles. The summed E-state index contributed by atoms with van der Waals surface area (Å²) in [5.41, 5.74) is 4.55. The van der Waals surface area contributed by atoms with E-state index in [9.17, 15) is 4.79 Å². The standard InChI is InChI=1S/C23H20N4O/c28-23(25-16-20-6-3-4-13-24-20)22-8-2-1-7-21(22)19-11-9-18(10-12-19)17-27-15-5-14-26-27/h1-15H,16-17H2,(H,25,28). The first-order valence-corrected chi connectivity index (χ1v) is 9.13. The van der Waals surface area contributed by atoms with Gasteiger partial charge in [-0.2, -0.15) is 5.10 Å². The Morgan fingerprint density at radius 1 is 0.893 bits per heavy atom. The molecule has 2 aromatic carbocycles. The van der Waals surface area contributed by atoms with E-state index in [1.54, 1.807) is 12.4 Å². The van der Waals surface area contributed by atoms with Crippen LogP contribution in [0.15, 0.2) is 91.4 Å². The highest BCUT2D eigenvalue weighted by atomic mass is 16.1. The molecule has 4 aromatic rings. The number of aromatic nitrogens is 3. The van der Waals surface area contributed by atoms with Crippen molar-refractivity contribution in [3.8, 4) is 11.1 Å². The fraction of sp³-hybridized carbons (Fsp3) is 0.0870. The van der Waals surface area contributed by atoms with Crippen LogP contribution < -0.4 is 5.32 Å². The van der Waals surface area contributed by atoms with Crippen LogP contribution in [0.2, 0.25) is 0 Å². The van der Waals surface area contributed by atoms with E-state index in [0.29, 0.717) is 12.1 Å². The number of hydrogen-bond donors (Lipinski definition) is 1. The molecule has 4 rings (SSSR count). The predicted octanol–water partition coefficient (Wildman–Crippen LogP) is 3.92. The van der Waals surface area contributed by atoms with Gasteiger partial charge < -0.3 is 5.32 Å². The van der Waals surface area contributed by atoms with Gasteiger partial charge in [0.25, 0.3) is 5.91 Å². The summed E-state index contributed by atoms with van der Waals surface area (Å²) in [5.74, 6) is -0.109. The van der Waals surface area contributed by atoms with Gasteiger partial charge in [0.2, 0.25) is 0 Å². The Hall–Kier alpha value is -3.73. The Labute approximate surface area is 163 Å². The molecule has 0 aliphatic rings. The van der Waals surface area contributed by atoms with Crippen molar-refractivity contribution < 1.29 is 4.79 Å². The van der Waals surface area contributed by atoms with E-state index in [1.807, 2.05) is 71.5 Å². The molecule has 0 atom stereocenters. The van der Waals surface area contributed by atoms with Crippen LogP contribution in [-0.2, 0) is 13.1 Å². The minimum Gasteiger partial charge on any atom is -0.346 e. The van der Waals surface area contributed by atoms with Gasteiger partial charge >= 0.3 is 0 Å². The summed E-state index contributed by atoms with van der Waals surface area (Å²) in [6.45, 7) is 1.12. The topological polar surface area (TPSA) is 59.8 Å². The van der Waals surface area contributed by atoms with Crippen LogP contribution in [0.25, 0.3) is 11.1 Å². The second-order valence-corrected chi connectivity index (χ2v) is 6.45. The number of pyridine rings is 1. The maximum atomic E-state index is 12.7. The number of nitrogens with one attached hydrogen (secondary N) is 1. The van der Waals surface area contributed by atoms with E-state index >= 15 is 0 Å². The minimum atomic E-state index is -0.109. The third kappa shape index (κ3) is 4.15. The highest BCUT2D eigenvalue weighted by molar-refractivity contribution is 6.00. The lowest BCUT2D eigenvalue weighted by Crippen LogP contribution is -2.23. The fourth-order valence-corrected chi connectivity index (χ4v) is 3.07. The monoisotopic (exact) mass is 368 g/mol. The summed E-state index contributed by atoms with van der Waals surface area (Å²) in [7, 11) is 0. The van der Waals surface area contributed by atoms with Gasteiger partial charge in [0.15, 0.2) is 0 Å². The normalized spacial score (nSPS) is 10.6. The molecule has 5 heteroatoms. The van der Waals surface area contributed by atoms with Crippen molar-refractivity contribution in [3.05, 3.63) is 108 Å². The van der Waals surface area contributed by atoms with Crippen molar-refractivity contribution in [2.24, 2.45) is 0 Å². The fourth-order valence-electron chi connectivity index (χ4n) is 3.07. The number of carbonyl (C=O) groups is 1. The Kier molecular flexibility index (Phi) is 5.24. The molecule has 1 N–H and O–H groups in total. The van der Waals surface area contributed by atoms with E-state index in [1.165, 1.54) is 0 Å². The molecule has 0 bridgehead atoms. The van der Waals surface area contributed by atoms with Gasteiger partial charge in [-0.25, -0.2) is 0 Å². The molecule has 0 radical (unpaired) electrons. The molecule has 0 saturated carbocycles. The molecule has 28 heavy (non-hydrogen) atoms. The number of benzene rings is 2. The average molecular weight is 368 g/mol. The Morgan fingerprint density at radius 2 is 1.71 bits per heavy atom. The third-order valence-electron chi connectivity index (χ3n) is 4.50. The van der Waals surface area contributed by atoms with Gasteiger partial charge in [-0.1, -0.05) is 48.5 Å². The van der Waals surface area contributed by atoms with Crippen molar-refractivity contribution in [2.75, 3.05) is 0 Å². The SMILES string of the molecule is O=C(NCc1ccccn1)c1ccccc1-c1ccc(Cn2cccn2)cc1. The number of rotatable bonds is 6. The van der Waals surface area contributed by atoms with Crippen molar-refractivity contribution in [2.45, 2.75) is 13.1 Å². The zero-order valence-electron chi connectivity index (χ0n) is 15.3. The van der Waals surface area contributed by atoms with Crippen LogP contribution >= 0.6 is 0 Å². The maximum absolute atomic E-state index is 12.7. The number of carbonyl (C=O) groups excluding carboxylic acids is 1. The van der Waals surface area contributed by atoms with Crippen molar-refractivity contribution in [1.29, 1.82) is 0 Å². The van der Waals surface area contributed by atoms with Crippen LogP contribution in [0.3, 0.4) is 0 Å².